The van der Waals surface area contributed by atoms with E-state index in [1.54, 1.807) is 12.1 Å². The van der Waals surface area contributed by atoms with Crippen LogP contribution in [-0.4, -0.2) is 17.9 Å². The molecule has 0 aromatic heterocycles. The number of hydrogen-bond donors (Lipinski definition) is 0. The van der Waals surface area contributed by atoms with E-state index >= 15 is 0 Å². The highest BCUT2D eigenvalue weighted by atomic mass is 35.5. The molecule has 1 saturated carbocycles. The van der Waals surface area contributed by atoms with Gasteiger partial charge < -0.3 is 4.74 Å². The van der Waals surface area contributed by atoms with Gasteiger partial charge in [0.05, 0.1) is 5.56 Å². The lowest BCUT2D eigenvalue weighted by Gasteiger charge is -2.44. The number of fused-ring (bicyclic) bond motifs is 3. The molecule has 29 heavy (non-hydrogen) atoms. The third-order valence-electron chi connectivity index (χ3n) is 6.95. The van der Waals surface area contributed by atoms with Crippen molar-refractivity contribution in [3.8, 4) is 0 Å². The van der Waals surface area contributed by atoms with E-state index in [9.17, 15) is 9.59 Å². The van der Waals surface area contributed by atoms with E-state index in [1.165, 1.54) is 5.57 Å². The van der Waals surface area contributed by atoms with Crippen LogP contribution >= 0.6 is 11.6 Å². The summed E-state index contributed by atoms with van der Waals surface area (Å²) in [6, 6.07) is 9.18. The lowest BCUT2D eigenvalue weighted by atomic mass is 9.61. The first-order valence-electron chi connectivity index (χ1n) is 10.4. The van der Waals surface area contributed by atoms with Gasteiger partial charge in [0.1, 0.15) is 6.10 Å². The van der Waals surface area contributed by atoms with Crippen LogP contribution in [0.3, 0.4) is 0 Å². The molecule has 0 spiro atoms. The molecule has 0 amide bonds. The van der Waals surface area contributed by atoms with Gasteiger partial charge in [-0.25, -0.2) is 4.79 Å². The van der Waals surface area contributed by atoms with Crippen LogP contribution in [0, 0.1) is 17.3 Å². The molecule has 0 bridgehead atoms. The second kappa shape index (κ2) is 7.95. The number of carbonyl (C=O) groups is 2. The van der Waals surface area contributed by atoms with Crippen LogP contribution in [0.5, 0.6) is 0 Å². The summed E-state index contributed by atoms with van der Waals surface area (Å²) in [5.41, 5.74) is 2.48. The molecular weight excluding hydrogens is 384 g/mol. The minimum absolute atomic E-state index is 0.135. The number of halogens is 1. The fourth-order valence-electron chi connectivity index (χ4n) is 5.38. The topological polar surface area (TPSA) is 43.4 Å². The zero-order valence-corrected chi connectivity index (χ0v) is 17.7. The van der Waals surface area contributed by atoms with E-state index in [-0.39, 0.29) is 23.3 Å². The average molecular weight is 411 g/mol. The number of rotatable bonds is 4. The van der Waals surface area contributed by atoms with Gasteiger partial charge >= 0.3 is 5.97 Å². The fraction of sp³-hybridized carbons (Fsp3) is 0.440. The van der Waals surface area contributed by atoms with Gasteiger partial charge in [-0.05, 0) is 62.1 Å². The Hall–Kier alpha value is -2.13. The van der Waals surface area contributed by atoms with Crippen molar-refractivity contribution in [1.29, 1.82) is 0 Å². The van der Waals surface area contributed by atoms with Gasteiger partial charge in [0, 0.05) is 22.4 Å². The highest BCUT2D eigenvalue weighted by molar-refractivity contribution is 6.29. The standard InChI is InChI=1S/C25H27ClO3/c1-16(26)8-9-20-18-14-15-25(2)21(19(18)10-12-22(20)27)11-13-23(25)29-24(28)17-6-4-3-5-7-17/h3-8,14-15,19,21,23H,9-13H2,1-2H3/b16-8-/t19-,21+,23+,25+/m1/s1. The molecule has 0 saturated heterocycles. The smallest absolute Gasteiger partial charge is 0.338 e. The van der Waals surface area contributed by atoms with Crippen LogP contribution in [0.2, 0.25) is 0 Å². The van der Waals surface area contributed by atoms with Crippen molar-refractivity contribution >= 4 is 23.4 Å². The predicted molar refractivity (Wildman–Crippen MR) is 115 cm³/mol. The van der Waals surface area contributed by atoms with Crippen molar-refractivity contribution in [1.82, 2.24) is 0 Å². The van der Waals surface area contributed by atoms with Gasteiger partial charge in [-0.3, -0.25) is 4.79 Å². The molecule has 0 unspecified atom stereocenters. The van der Waals surface area contributed by atoms with E-state index in [0.717, 1.165) is 24.8 Å². The van der Waals surface area contributed by atoms with Gasteiger partial charge in [-0.15, -0.1) is 0 Å². The summed E-state index contributed by atoms with van der Waals surface area (Å²) in [5.74, 6) is 0.723. The Morgan fingerprint density at radius 3 is 2.72 bits per heavy atom. The predicted octanol–water partition coefficient (Wildman–Crippen LogP) is 6.01. The Morgan fingerprint density at radius 2 is 2.00 bits per heavy atom. The van der Waals surface area contributed by atoms with Gasteiger partial charge in [0.15, 0.2) is 5.78 Å². The quantitative estimate of drug-likeness (QED) is 0.571. The number of benzene rings is 1. The normalized spacial score (nSPS) is 31.5. The zero-order chi connectivity index (χ0) is 20.6. The van der Waals surface area contributed by atoms with E-state index in [4.69, 9.17) is 16.3 Å². The molecule has 4 rings (SSSR count). The Kier molecular flexibility index (Phi) is 5.52. The van der Waals surface area contributed by atoms with Gasteiger partial charge in [0.2, 0.25) is 0 Å². The molecular formula is C25H27ClO3. The Balaban J connectivity index is 1.61. The minimum Gasteiger partial charge on any atom is -0.458 e. The summed E-state index contributed by atoms with van der Waals surface area (Å²) in [5, 5.41) is 0.714. The molecule has 0 heterocycles. The number of ketones is 1. The Labute approximate surface area is 177 Å². The van der Waals surface area contributed by atoms with Crippen LogP contribution in [0.1, 0.15) is 56.3 Å². The first-order valence-corrected chi connectivity index (χ1v) is 10.8. The van der Waals surface area contributed by atoms with Gasteiger partial charge in [0.25, 0.3) is 0 Å². The summed E-state index contributed by atoms with van der Waals surface area (Å²) in [4.78, 5) is 25.2. The van der Waals surface area contributed by atoms with Crippen LogP contribution in [0.4, 0.5) is 0 Å². The second-order valence-electron chi connectivity index (χ2n) is 8.64. The molecule has 4 heteroatoms. The second-order valence-corrected chi connectivity index (χ2v) is 9.24. The lowest BCUT2D eigenvalue weighted by molar-refractivity contribution is -0.116. The molecule has 152 valence electrons. The summed E-state index contributed by atoms with van der Waals surface area (Å²) >= 11 is 6.01. The van der Waals surface area contributed by atoms with Crippen LogP contribution in [0.15, 0.2) is 64.7 Å². The zero-order valence-electron chi connectivity index (χ0n) is 17.0. The SMILES string of the molecule is C/C(Cl)=C/CC1=C2C=C[C@]3(C)[C@@H](OC(=O)c4ccccc4)CC[C@H]3[C@@H]2CCC1=O. The van der Waals surface area contributed by atoms with Crippen molar-refractivity contribution in [2.24, 2.45) is 17.3 Å². The molecule has 0 aliphatic heterocycles. The lowest BCUT2D eigenvalue weighted by Crippen LogP contribution is -2.41. The molecule has 3 nitrogen and oxygen atoms in total. The highest BCUT2D eigenvalue weighted by Gasteiger charge is 2.53. The number of allylic oxidation sites excluding steroid dienone is 5. The van der Waals surface area contributed by atoms with Crippen molar-refractivity contribution in [2.45, 2.75) is 52.1 Å². The van der Waals surface area contributed by atoms with E-state index in [1.807, 2.05) is 31.2 Å². The Morgan fingerprint density at radius 1 is 1.24 bits per heavy atom. The third-order valence-corrected chi connectivity index (χ3v) is 7.11. The number of ether oxygens (including phenoxy) is 1. The molecule has 1 aromatic rings. The van der Waals surface area contributed by atoms with E-state index < -0.39 is 0 Å². The number of carbonyl (C=O) groups excluding carboxylic acids is 2. The maximum atomic E-state index is 12.6. The van der Waals surface area contributed by atoms with Crippen molar-refractivity contribution in [2.75, 3.05) is 0 Å². The van der Waals surface area contributed by atoms with Crippen molar-refractivity contribution < 1.29 is 14.3 Å². The summed E-state index contributed by atoms with van der Waals surface area (Å²) in [6.07, 6.45) is 10.0. The Bertz CT molecular complexity index is 907. The van der Waals surface area contributed by atoms with Crippen LogP contribution in [-0.2, 0) is 9.53 Å². The first-order chi connectivity index (χ1) is 13.9. The molecule has 0 radical (unpaired) electrons. The first kappa shape index (κ1) is 20.2. The summed E-state index contributed by atoms with van der Waals surface area (Å²) in [6.45, 7) is 4.05. The number of esters is 1. The van der Waals surface area contributed by atoms with E-state index in [0.29, 0.717) is 35.3 Å². The molecule has 1 aromatic carbocycles. The third kappa shape index (κ3) is 3.73. The van der Waals surface area contributed by atoms with Crippen molar-refractivity contribution in [3.05, 3.63) is 70.3 Å². The average Bonchev–Trinajstić information content (AvgIpc) is 3.04. The molecule has 3 aliphatic carbocycles. The number of Topliss-reactive ketones (excluding diaryl/α,β-unsaturated/α-hetero) is 1. The monoisotopic (exact) mass is 410 g/mol. The van der Waals surface area contributed by atoms with Crippen LogP contribution in [0.25, 0.3) is 0 Å². The fourth-order valence-corrected chi connectivity index (χ4v) is 5.46. The van der Waals surface area contributed by atoms with Crippen molar-refractivity contribution in [3.63, 3.8) is 0 Å². The number of hydrogen-bond acceptors (Lipinski definition) is 3. The minimum atomic E-state index is -0.255. The maximum Gasteiger partial charge on any atom is 0.338 e. The maximum absolute atomic E-state index is 12.6. The summed E-state index contributed by atoms with van der Waals surface area (Å²) < 4.78 is 5.98. The molecule has 0 N–H and O–H groups in total. The molecule has 4 atom stereocenters. The van der Waals surface area contributed by atoms with Crippen LogP contribution < -0.4 is 0 Å². The van der Waals surface area contributed by atoms with Gasteiger partial charge in [-0.2, -0.15) is 0 Å². The molecule has 3 aliphatic rings. The highest BCUT2D eigenvalue weighted by Crippen LogP contribution is 2.56. The summed E-state index contributed by atoms with van der Waals surface area (Å²) in [7, 11) is 0. The molecule has 1 fully saturated rings. The van der Waals surface area contributed by atoms with E-state index in [2.05, 4.69) is 19.1 Å². The largest absolute Gasteiger partial charge is 0.458 e. The van der Waals surface area contributed by atoms with Gasteiger partial charge in [-0.1, -0.05) is 55.0 Å².